The number of nitrogens with zero attached hydrogens (tertiary/aromatic N) is 1. The Morgan fingerprint density at radius 2 is 1.62 bits per heavy atom. The Morgan fingerprint density at radius 1 is 0.865 bits per heavy atom. The third kappa shape index (κ3) is 6.02. The molecule has 2 N–H and O–H groups in total. The first-order valence-electron chi connectivity index (χ1n) is 11.3. The number of pyridine rings is 1. The van der Waals surface area contributed by atoms with E-state index in [2.05, 4.69) is 15.6 Å². The van der Waals surface area contributed by atoms with Gasteiger partial charge in [-0.3, -0.25) is 14.6 Å². The summed E-state index contributed by atoms with van der Waals surface area (Å²) >= 11 is 0. The number of amides is 2. The quantitative estimate of drug-likeness (QED) is 0.340. The van der Waals surface area contributed by atoms with Crippen molar-refractivity contribution in [2.75, 3.05) is 31.5 Å². The first-order chi connectivity index (χ1) is 17.9. The molecule has 0 spiro atoms. The highest BCUT2D eigenvalue weighted by atomic mass is 16.5. The Balaban J connectivity index is 1.34. The number of nitrogens with one attached hydrogen (secondary N) is 2. The van der Waals surface area contributed by atoms with Crippen LogP contribution in [0.5, 0.6) is 11.5 Å². The predicted octanol–water partition coefficient (Wildman–Crippen LogP) is 4.61. The molecule has 0 aliphatic heterocycles. The topological polar surface area (TPSA) is 116 Å². The van der Waals surface area contributed by atoms with Crippen molar-refractivity contribution >= 4 is 40.1 Å². The molecule has 1 aromatic heterocycles. The molecule has 188 valence electrons. The lowest BCUT2D eigenvalue weighted by Gasteiger charge is -2.11. The number of carbonyl (C=O) groups excluding carboxylic acids is 3. The van der Waals surface area contributed by atoms with E-state index in [9.17, 15) is 14.4 Å². The number of aryl methyl sites for hydroxylation is 1. The number of esters is 1. The maximum atomic E-state index is 12.6. The minimum absolute atomic E-state index is 0.263. The van der Waals surface area contributed by atoms with Gasteiger partial charge in [0.15, 0.2) is 6.61 Å². The molecule has 4 rings (SSSR count). The minimum Gasteiger partial charge on any atom is -0.497 e. The first-order valence-corrected chi connectivity index (χ1v) is 11.3. The largest absolute Gasteiger partial charge is 0.497 e. The normalized spacial score (nSPS) is 10.5. The van der Waals surface area contributed by atoms with Gasteiger partial charge in [0, 0.05) is 16.6 Å². The van der Waals surface area contributed by atoms with Gasteiger partial charge in [-0.2, -0.15) is 0 Å². The average Bonchev–Trinajstić information content (AvgIpc) is 2.91. The summed E-state index contributed by atoms with van der Waals surface area (Å²) in [6.07, 6.45) is 0. The van der Waals surface area contributed by atoms with Crippen molar-refractivity contribution in [3.8, 4) is 11.5 Å². The average molecular weight is 500 g/mol. The number of methoxy groups -OCH3 is 2. The molecule has 3 aromatic carbocycles. The molecule has 2 amide bonds. The van der Waals surface area contributed by atoms with Crippen molar-refractivity contribution in [3.63, 3.8) is 0 Å². The molecule has 0 fully saturated rings. The van der Waals surface area contributed by atoms with Crippen molar-refractivity contribution in [2.24, 2.45) is 0 Å². The number of benzene rings is 3. The second-order valence-electron chi connectivity index (χ2n) is 8.04. The van der Waals surface area contributed by atoms with Crippen molar-refractivity contribution in [2.45, 2.75) is 6.92 Å². The lowest BCUT2D eigenvalue weighted by atomic mass is 10.1. The minimum atomic E-state index is -0.659. The number of fused-ring (bicyclic) bond motifs is 1. The summed E-state index contributed by atoms with van der Waals surface area (Å²) in [4.78, 5) is 41.9. The fraction of sp³-hybridized carbons (Fsp3) is 0.143. The molecule has 1 heterocycles. The highest BCUT2D eigenvalue weighted by Gasteiger charge is 2.16. The number of para-hydroxylation sites is 2. The van der Waals surface area contributed by atoms with E-state index in [0.717, 1.165) is 5.39 Å². The fourth-order valence-corrected chi connectivity index (χ4v) is 3.64. The smallest absolute Gasteiger partial charge is 0.340 e. The highest BCUT2D eigenvalue weighted by molar-refractivity contribution is 6.05. The number of rotatable bonds is 8. The van der Waals surface area contributed by atoms with E-state index >= 15 is 0 Å². The zero-order valence-electron chi connectivity index (χ0n) is 20.5. The number of ether oxygens (including phenoxy) is 3. The van der Waals surface area contributed by atoms with Crippen LogP contribution in [0.1, 0.15) is 26.4 Å². The SMILES string of the molecule is COc1ccc2nc(C)c(C(=O)OCC(=O)Nc3ccc(C(=O)Nc4ccccc4OC)cc3)cc2c1. The van der Waals surface area contributed by atoms with Gasteiger partial charge in [0.05, 0.1) is 36.7 Å². The Kier molecular flexibility index (Phi) is 7.63. The van der Waals surface area contributed by atoms with Crippen LogP contribution in [0.2, 0.25) is 0 Å². The summed E-state index contributed by atoms with van der Waals surface area (Å²) in [5.74, 6) is -0.321. The van der Waals surface area contributed by atoms with Gasteiger partial charge >= 0.3 is 5.97 Å². The van der Waals surface area contributed by atoms with Gasteiger partial charge in [0.25, 0.3) is 11.8 Å². The summed E-state index contributed by atoms with van der Waals surface area (Å²) in [6, 6.07) is 20.4. The van der Waals surface area contributed by atoms with Crippen LogP contribution < -0.4 is 20.1 Å². The lowest BCUT2D eigenvalue weighted by molar-refractivity contribution is -0.119. The van der Waals surface area contributed by atoms with Gasteiger partial charge in [-0.05, 0) is 67.6 Å². The second kappa shape index (κ2) is 11.2. The van der Waals surface area contributed by atoms with E-state index < -0.39 is 18.5 Å². The summed E-state index contributed by atoms with van der Waals surface area (Å²) in [6.45, 7) is 1.22. The third-order valence-corrected chi connectivity index (χ3v) is 5.55. The third-order valence-electron chi connectivity index (χ3n) is 5.55. The molecule has 9 heteroatoms. The highest BCUT2D eigenvalue weighted by Crippen LogP contribution is 2.24. The summed E-state index contributed by atoms with van der Waals surface area (Å²) in [5.41, 5.74) is 2.86. The van der Waals surface area contributed by atoms with Gasteiger partial charge in [0.1, 0.15) is 11.5 Å². The number of carbonyl (C=O) groups is 3. The fourth-order valence-electron chi connectivity index (χ4n) is 3.64. The Labute approximate surface area is 213 Å². The van der Waals surface area contributed by atoms with Crippen LogP contribution in [-0.2, 0) is 9.53 Å². The van der Waals surface area contributed by atoms with Gasteiger partial charge < -0.3 is 24.8 Å². The molecule has 0 saturated carbocycles. The molecule has 0 saturated heterocycles. The zero-order valence-corrected chi connectivity index (χ0v) is 20.5. The molecule has 9 nitrogen and oxygen atoms in total. The van der Waals surface area contributed by atoms with Gasteiger partial charge in [0.2, 0.25) is 0 Å². The van der Waals surface area contributed by atoms with Crippen molar-refractivity contribution < 1.29 is 28.6 Å². The Morgan fingerprint density at radius 3 is 2.35 bits per heavy atom. The molecular formula is C28H25N3O6. The zero-order chi connectivity index (χ0) is 26.4. The molecule has 0 atom stereocenters. The molecule has 0 aliphatic carbocycles. The lowest BCUT2D eigenvalue weighted by Crippen LogP contribution is -2.21. The van der Waals surface area contributed by atoms with Crippen LogP contribution >= 0.6 is 0 Å². The summed E-state index contributed by atoms with van der Waals surface area (Å²) in [7, 11) is 3.08. The van der Waals surface area contributed by atoms with Gasteiger partial charge in [-0.25, -0.2) is 4.79 Å². The molecule has 0 unspecified atom stereocenters. The standard InChI is InChI=1S/C28H25N3O6/c1-17-22(15-19-14-21(35-2)12-13-23(19)29-17)28(34)37-16-26(32)30-20-10-8-18(9-11-20)27(33)31-24-6-4-5-7-25(24)36-3/h4-15H,16H2,1-3H3,(H,30,32)(H,31,33). The number of hydrogen-bond donors (Lipinski definition) is 2. The second-order valence-corrected chi connectivity index (χ2v) is 8.04. The van der Waals surface area contributed by atoms with Crippen molar-refractivity contribution in [1.29, 1.82) is 0 Å². The number of hydrogen-bond acceptors (Lipinski definition) is 7. The van der Waals surface area contributed by atoms with Crippen LogP contribution in [0.25, 0.3) is 10.9 Å². The van der Waals surface area contributed by atoms with E-state index in [1.165, 1.54) is 7.11 Å². The van der Waals surface area contributed by atoms with E-state index in [-0.39, 0.29) is 11.5 Å². The van der Waals surface area contributed by atoms with Crippen LogP contribution in [0.15, 0.2) is 72.8 Å². The van der Waals surface area contributed by atoms with Crippen molar-refractivity contribution in [3.05, 3.63) is 89.6 Å². The van der Waals surface area contributed by atoms with E-state index in [1.54, 1.807) is 86.8 Å². The summed E-state index contributed by atoms with van der Waals surface area (Å²) in [5, 5.41) is 6.15. The van der Waals surface area contributed by atoms with E-state index in [4.69, 9.17) is 14.2 Å². The van der Waals surface area contributed by atoms with Crippen LogP contribution in [-0.4, -0.2) is 43.6 Å². The van der Waals surface area contributed by atoms with Crippen LogP contribution in [0.3, 0.4) is 0 Å². The molecule has 0 aliphatic rings. The van der Waals surface area contributed by atoms with E-state index in [1.807, 2.05) is 0 Å². The Hall–Kier alpha value is -4.92. The van der Waals surface area contributed by atoms with Gasteiger partial charge in [-0.1, -0.05) is 12.1 Å². The monoisotopic (exact) mass is 499 g/mol. The molecule has 0 bridgehead atoms. The predicted molar refractivity (Wildman–Crippen MR) is 139 cm³/mol. The van der Waals surface area contributed by atoms with E-state index in [0.29, 0.717) is 39.6 Å². The number of aromatic nitrogens is 1. The van der Waals surface area contributed by atoms with Gasteiger partial charge in [-0.15, -0.1) is 0 Å². The maximum absolute atomic E-state index is 12.6. The molecule has 4 aromatic rings. The van der Waals surface area contributed by atoms with Crippen LogP contribution in [0.4, 0.5) is 11.4 Å². The molecular weight excluding hydrogens is 474 g/mol. The maximum Gasteiger partial charge on any atom is 0.340 e. The number of anilines is 2. The first kappa shape index (κ1) is 25.2. The Bertz CT molecular complexity index is 1470. The molecule has 37 heavy (non-hydrogen) atoms. The van der Waals surface area contributed by atoms with Crippen LogP contribution in [0, 0.1) is 6.92 Å². The summed E-state index contributed by atoms with van der Waals surface area (Å²) < 4.78 is 15.7. The molecule has 0 radical (unpaired) electrons. The van der Waals surface area contributed by atoms with Crippen molar-refractivity contribution in [1.82, 2.24) is 4.98 Å².